The third-order valence-electron chi connectivity index (χ3n) is 3.61. The summed E-state index contributed by atoms with van der Waals surface area (Å²) in [7, 11) is -3.30. The lowest BCUT2D eigenvalue weighted by Crippen LogP contribution is -2.41. The maximum absolute atomic E-state index is 12.2. The zero-order chi connectivity index (χ0) is 15.6. The number of nitrogens with zero attached hydrogens (tertiary/aromatic N) is 5. The van der Waals surface area contributed by atoms with Gasteiger partial charge in [-0.2, -0.15) is 4.80 Å². The van der Waals surface area contributed by atoms with Crippen LogP contribution in [0.3, 0.4) is 0 Å². The van der Waals surface area contributed by atoms with Crippen molar-refractivity contribution in [3.63, 3.8) is 0 Å². The zero-order valence-electron chi connectivity index (χ0n) is 12.3. The Hall–Kier alpha value is -1.55. The molecule has 2 heterocycles. The van der Waals surface area contributed by atoms with Gasteiger partial charge >= 0.3 is 0 Å². The van der Waals surface area contributed by atoms with E-state index in [2.05, 4.69) is 20.1 Å². The second-order valence-electron chi connectivity index (χ2n) is 5.67. The van der Waals surface area contributed by atoms with Crippen molar-refractivity contribution in [1.29, 1.82) is 0 Å². The van der Waals surface area contributed by atoms with Crippen molar-refractivity contribution >= 4 is 15.9 Å². The SMILES string of the molecule is CC(C)[C@H]1CN(C(=O)Cn2ncnn2)C[C@@H]1NS(C)(=O)=O. The predicted molar refractivity (Wildman–Crippen MR) is 74.5 cm³/mol. The van der Waals surface area contributed by atoms with Crippen molar-refractivity contribution in [1.82, 2.24) is 29.8 Å². The number of likely N-dealkylation sites (tertiary alicyclic amines) is 1. The maximum atomic E-state index is 12.2. The fourth-order valence-electron chi connectivity index (χ4n) is 2.59. The van der Waals surface area contributed by atoms with Gasteiger partial charge in [0.1, 0.15) is 6.54 Å². The van der Waals surface area contributed by atoms with Gasteiger partial charge < -0.3 is 4.90 Å². The van der Waals surface area contributed by atoms with Gasteiger partial charge in [-0.3, -0.25) is 4.79 Å². The molecule has 1 fully saturated rings. The first-order valence-corrected chi connectivity index (χ1v) is 8.61. The molecule has 1 N–H and O–H groups in total. The first-order chi connectivity index (χ1) is 9.76. The molecule has 0 bridgehead atoms. The van der Waals surface area contributed by atoms with E-state index in [0.29, 0.717) is 13.1 Å². The molecule has 21 heavy (non-hydrogen) atoms. The Labute approximate surface area is 123 Å². The summed E-state index contributed by atoms with van der Waals surface area (Å²) >= 11 is 0. The third kappa shape index (κ3) is 4.21. The van der Waals surface area contributed by atoms with E-state index >= 15 is 0 Å². The van der Waals surface area contributed by atoms with Crippen molar-refractivity contribution in [3.8, 4) is 0 Å². The van der Waals surface area contributed by atoms with Crippen molar-refractivity contribution in [2.24, 2.45) is 11.8 Å². The van der Waals surface area contributed by atoms with Crippen molar-refractivity contribution in [2.45, 2.75) is 26.4 Å². The molecule has 1 aliphatic rings. The van der Waals surface area contributed by atoms with Gasteiger partial charge in [0.15, 0.2) is 6.33 Å². The van der Waals surface area contributed by atoms with E-state index < -0.39 is 10.0 Å². The topological polar surface area (TPSA) is 110 Å². The van der Waals surface area contributed by atoms with Crippen LogP contribution in [0.2, 0.25) is 0 Å². The van der Waals surface area contributed by atoms with E-state index in [0.717, 1.165) is 6.26 Å². The molecule has 1 aliphatic heterocycles. The van der Waals surface area contributed by atoms with Crippen molar-refractivity contribution in [2.75, 3.05) is 19.3 Å². The molecule has 2 atom stereocenters. The summed E-state index contributed by atoms with van der Waals surface area (Å²) < 4.78 is 25.5. The molecule has 118 valence electrons. The quantitative estimate of drug-likeness (QED) is 0.723. The normalized spacial score (nSPS) is 23.0. The molecule has 2 rings (SSSR count). The Morgan fingerprint density at radius 1 is 1.43 bits per heavy atom. The monoisotopic (exact) mass is 316 g/mol. The van der Waals surface area contributed by atoms with Crippen molar-refractivity contribution < 1.29 is 13.2 Å². The average molecular weight is 316 g/mol. The van der Waals surface area contributed by atoms with E-state index in [9.17, 15) is 13.2 Å². The molecule has 0 radical (unpaired) electrons. The molecule has 10 heteroatoms. The Kier molecular flexibility index (Phi) is 4.57. The molecule has 0 unspecified atom stereocenters. The molecule has 0 aliphatic carbocycles. The highest BCUT2D eigenvalue weighted by Crippen LogP contribution is 2.25. The Bertz CT molecular complexity index is 585. The molecular weight excluding hydrogens is 296 g/mol. The smallest absolute Gasteiger partial charge is 0.246 e. The third-order valence-corrected chi connectivity index (χ3v) is 4.34. The molecular formula is C11H20N6O3S. The molecule has 0 spiro atoms. The van der Waals surface area contributed by atoms with Gasteiger partial charge in [-0.05, 0) is 17.0 Å². The second-order valence-corrected chi connectivity index (χ2v) is 7.45. The number of tetrazole rings is 1. The summed E-state index contributed by atoms with van der Waals surface area (Å²) in [6.45, 7) is 4.95. The Morgan fingerprint density at radius 3 is 2.67 bits per heavy atom. The van der Waals surface area contributed by atoms with E-state index in [1.54, 1.807) is 4.90 Å². The van der Waals surface area contributed by atoms with Gasteiger partial charge in [0.2, 0.25) is 15.9 Å². The number of hydrogen-bond donors (Lipinski definition) is 1. The van der Waals surface area contributed by atoms with Gasteiger partial charge in [-0.1, -0.05) is 13.8 Å². The number of rotatable bonds is 5. The number of aromatic nitrogens is 4. The van der Waals surface area contributed by atoms with E-state index in [1.165, 1.54) is 11.1 Å². The minimum Gasteiger partial charge on any atom is -0.339 e. The second kappa shape index (κ2) is 6.06. The minimum atomic E-state index is -3.30. The van der Waals surface area contributed by atoms with Gasteiger partial charge in [-0.15, -0.1) is 10.2 Å². The van der Waals surface area contributed by atoms with E-state index in [-0.39, 0.29) is 30.3 Å². The van der Waals surface area contributed by atoms with Gasteiger partial charge in [-0.25, -0.2) is 13.1 Å². The lowest BCUT2D eigenvalue weighted by atomic mass is 9.92. The Balaban J connectivity index is 2.04. The highest BCUT2D eigenvalue weighted by atomic mass is 32.2. The molecule has 1 aromatic rings. The van der Waals surface area contributed by atoms with Crippen molar-refractivity contribution in [3.05, 3.63) is 6.33 Å². The standard InChI is InChI=1S/C11H20N6O3S/c1-8(2)9-4-16(5-10(9)14-21(3,19)20)11(18)6-17-13-7-12-15-17/h7-10,14H,4-6H2,1-3H3/t9-,10+/m1/s1. The van der Waals surface area contributed by atoms with Gasteiger partial charge in [0.25, 0.3) is 0 Å². The van der Waals surface area contributed by atoms with Gasteiger partial charge in [0, 0.05) is 19.1 Å². The summed E-state index contributed by atoms with van der Waals surface area (Å²) in [5, 5.41) is 11.0. The van der Waals surface area contributed by atoms with Crippen LogP contribution in [0, 0.1) is 11.8 Å². The maximum Gasteiger partial charge on any atom is 0.246 e. The van der Waals surface area contributed by atoms with E-state index in [1.807, 2.05) is 13.8 Å². The molecule has 1 saturated heterocycles. The fourth-order valence-corrected chi connectivity index (χ4v) is 3.39. The van der Waals surface area contributed by atoms with Crippen LogP contribution >= 0.6 is 0 Å². The van der Waals surface area contributed by atoms with E-state index in [4.69, 9.17) is 0 Å². The lowest BCUT2D eigenvalue weighted by Gasteiger charge is -2.21. The highest BCUT2D eigenvalue weighted by molar-refractivity contribution is 7.88. The van der Waals surface area contributed by atoms with Crippen LogP contribution < -0.4 is 4.72 Å². The average Bonchev–Trinajstić information content (AvgIpc) is 2.96. The fraction of sp³-hybridized carbons (Fsp3) is 0.818. The van der Waals surface area contributed by atoms with Crippen LogP contribution in [0.5, 0.6) is 0 Å². The van der Waals surface area contributed by atoms with Crippen LogP contribution in [0.25, 0.3) is 0 Å². The molecule has 9 nitrogen and oxygen atoms in total. The molecule has 1 aromatic heterocycles. The summed E-state index contributed by atoms with van der Waals surface area (Å²) in [4.78, 5) is 15.1. The van der Waals surface area contributed by atoms with Crippen LogP contribution in [0.4, 0.5) is 0 Å². The number of nitrogens with one attached hydrogen (secondary N) is 1. The largest absolute Gasteiger partial charge is 0.339 e. The first kappa shape index (κ1) is 15.8. The summed E-state index contributed by atoms with van der Waals surface area (Å²) in [6, 6.07) is -0.257. The van der Waals surface area contributed by atoms with Crippen LogP contribution in [0.15, 0.2) is 6.33 Å². The lowest BCUT2D eigenvalue weighted by molar-refractivity contribution is -0.131. The summed E-state index contributed by atoms with van der Waals surface area (Å²) in [6.07, 6.45) is 2.40. The molecule has 1 amide bonds. The van der Waals surface area contributed by atoms with Crippen LogP contribution in [-0.2, 0) is 21.4 Å². The highest BCUT2D eigenvalue weighted by Gasteiger charge is 2.38. The number of amides is 1. The number of hydrogen-bond acceptors (Lipinski definition) is 6. The summed E-state index contributed by atoms with van der Waals surface area (Å²) in [5.74, 6) is 0.218. The Morgan fingerprint density at radius 2 is 2.14 bits per heavy atom. The number of sulfonamides is 1. The minimum absolute atomic E-state index is 0.0103. The molecule has 0 aromatic carbocycles. The predicted octanol–water partition coefficient (Wildman–Crippen LogP) is -1.29. The number of carbonyl (C=O) groups is 1. The van der Waals surface area contributed by atoms with Crippen LogP contribution in [-0.4, -0.2) is 64.8 Å². The van der Waals surface area contributed by atoms with Crippen LogP contribution in [0.1, 0.15) is 13.8 Å². The zero-order valence-corrected chi connectivity index (χ0v) is 13.1. The first-order valence-electron chi connectivity index (χ1n) is 6.72. The number of carbonyl (C=O) groups excluding carboxylic acids is 1. The molecule has 0 saturated carbocycles. The van der Waals surface area contributed by atoms with Gasteiger partial charge in [0.05, 0.1) is 6.26 Å². The summed E-state index contributed by atoms with van der Waals surface area (Å²) in [5.41, 5.74) is 0.